The number of amides is 4. The molecule has 0 bridgehead atoms. The average Bonchev–Trinajstić information content (AvgIpc) is 3.12. The zero-order valence-electron chi connectivity index (χ0n) is 29.3. The quantitative estimate of drug-likeness (QED) is 0.0600. The Balaban J connectivity index is 1.70. The van der Waals surface area contributed by atoms with Gasteiger partial charge in [0, 0.05) is 25.9 Å². The first-order valence-corrected chi connectivity index (χ1v) is 17.2. The molecular weight excluding hydrogens is 680 g/mol. The standard InChI is InChI=1S/C36H48N12O5/c37-30-20-44-31(50)28(19-22-9-12-23-5-1-2-6-24(23)17-22)48-33(52)27(8-4-16-43-36(40)41)46-32(51)26(7-3-15-42-35(38)39)47-34(53)29(45-30)18-21-10-13-25(49)14-11-21/h1-2,5-6,9-14,17,26-29,49H,3-4,7-8,15-16,18-20H2,(H2,37,45)(H,44,50)(H,46,51)(H,47,53)(H,48,52)(H4,38,39,42)(H4,40,41,43)/t26-,27-,28-,29-/m0/s1. The minimum atomic E-state index is -1.14. The van der Waals surface area contributed by atoms with Crippen molar-refractivity contribution in [3.05, 3.63) is 77.9 Å². The molecule has 1 aliphatic rings. The van der Waals surface area contributed by atoms with Crippen molar-refractivity contribution in [2.75, 3.05) is 19.6 Å². The fraction of sp³-hybridized carbons (Fsp3) is 0.361. The molecule has 0 spiro atoms. The molecule has 0 unspecified atom stereocenters. The summed E-state index contributed by atoms with van der Waals surface area (Å²) in [6.07, 6.45) is 0.988. The number of aromatic hydroxyl groups is 1. The number of hydrogen-bond acceptors (Lipinski definition) is 9. The van der Waals surface area contributed by atoms with E-state index in [4.69, 9.17) is 28.7 Å². The van der Waals surface area contributed by atoms with Gasteiger partial charge in [-0.3, -0.25) is 34.2 Å². The van der Waals surface area contributed by atoms with Crippen LogP contribution >= 0.6 is 0 Å². The van der Waals surface area contributed by atoms with Crippen molar-refractivity contribution in [1.29, 1.82) is 0 Å². The number of rotatable bonds is 12. The van der Waals surface area contributed by atoms with Crippen LogP contribution in [0.25, 0.3) is 10.8 Å². The van der Waals surface area contributed by atoms with Crippen LogP contribution in [0.1, 0.15) is 36.8 Å². The molecule has 0 fully saturated rings. The van der Waals surface area contributed by atoms with E-state index in [-0.39, 0.29) is 68.8 Å². The van der Waals surface area contributed by atoms with Gasteiger partial charge in [0.1, 0.15) is 35.8 Å². The summed E-state index contributed by atoms with van der Waals surface area (Å²) in [5.41, 5.74) is 29.6. The molecule has 0 aliphatic carbocycles. The maximum Gasteiger partial charge on any atom is 0.245 e. The van der Waals surface area contributed by atoms with Gasteiger partial charge in [-0.25, -0.2) is 0 Å². The summed E-state index contributed by atoms with van der Waals surface area (Å²) in [6, 6.07) is 15.2. The fourth-order valence-electron chi connectivity index (χ4n) is 5.77. The number of amidine groups is 1. The first-order valence-electron chi connectivity index (χ1n) is 17.2. The second kappa shape index (κ2) is 19.3. The van der Waals surface area contributed by atoms with Gasteiger partial charge in [0.25, 0.3) is 0 Å². The Hall–Kier alpha value is -6.39. The highest BCUT2D eigenvalue weighted by Gasteiger charge is 2.31. The summed E-state index contributed by atoms with van der Waals surface area (Å²) >= 11 is 0. The molecular formula is C36H48N12O5. The Morgan fingerprint density at radius 3 is 1.83 bits per heavy atom. The van der Waals surface area contributed by atoms with Crippen LogP contribution in [0.4, 0.5) is 0 Å². The second-order valence-corrected chi connectivity index (χ2v) is 12.7. The predicted octanol–water partition coefficient (Wildman–Crippen LogP) is -1.25. The first-order chi connectivity index (χ1) is 25.4. The van der Waals surface area contributed by atoms with Crippen molar-refractivity contribution in [1.82, 2.24) is 21.3 Å². The van der Waals surface area contributed by atoms with Gasteiger partial charge >= 0.3 is 0 Å². The molecule has 53 heavy (non-hydrogen) atoms. The number of aliphatic imine (C=N–C) groups is 3. The third-order valence-electron chi connectivity index (χ3n) is 8.48. The van der Waals surface area contributed by atoms with E-state index < -0.39 is 47.8 Å². The van der Waals surface area contributed by atoms with Crippen molar-refractivity contribution < 1.29 is 24.3 Å². The third-order valence-corrected chi connectivity index (χ3v) is 8.48. The number of carbonyl (C=O) groups excluding carboxylic acids is 4. The lowest BCUT2D eigenvalue weighted by Gasteiger charge is -2.25. The minimum absolute atomic E-state index is 0.0396. The highest BCUT2D eigenvalue weighted by molar-refractivity contribution is 5.97. The van der Waals surface area contributed by atoms with Crippen molar-refractivity contribution in [2.45, 2.75) is 62.7 Å². The van der Waals surface area contributed by atoms with Crippen LogP contribution in [0.3, 0.4) is 0 Å². The molecule has 0 saturated carbocycles. The lowest BCUT2D eigenvalue weighted by atomic mass is 10.0. The Kier molecular flexibility index (Phi) is 14.3. The molecule has 0 aromatic heterocycles. The second-order valence-electron chi connectivity index (χ2n) is 12.7. The minimum Gasteiger partial charge on any atom is -0.508 e. The van der Waals surface area contributed by atoms with Crippen molar-refractivity contribution in [3.63, 3.8) is 0 Å². The number of guanidine groups is 2. The number of phenols is 1. The number of phenolic OH excluding ortho intramolecular Hbond substituents is 1. The van der Waals surface area contributed by atoms with Crippen molar-refractivity contribution >= 4 is 52.2 Å². The zero-order valence-corrected chi connectivity index (χ0v) is 29.3. The molecule has 1 aliphatic heterocycles. The fourth-order valence-corrected chi connectivity index (χ4v) is 5.77. The SMILES string of the molecule is NC(N)=NCCC[C@@H]1NC(=O)[C@H](Cc2ccc(O)cc2)N=C(N)CNC(=O)[C@H](Cc2ccc3ccccc3c2)NC(=O)[C@H](CCCN=C(N)N)NC1=O. The Morgan fingerprint density at radius 2 is 1.23 bits per heavy atom. The van der Waals surface area contributed by atoms with Gasteiger partial charge in [0.2, 0.25) is 23.6 Å². The summed E-state index contributed by atoms with van der Waals surface area (Å²) in [6.45, 7) is 0.122. The van der Waals surface area contributed by atoms with Crippen LogP contribution < -0.4 is 49.9 Å². The molecule has 1 heterocycles. The monoisotopic (exact) mass is 728 g/mol. The van der Waals surface area contributed by atoms with Gasteiger partial charge < -0.3 is 55.0 Å². The van der Waals surface area contributed by atoms with Gasteiger partial charge in [0.05, 0.1) is 6.54 Å². The third kappa shape index (κ3) is 12.7. The molecule has 3 aromatic carbocycles. The van der Waals surface area contributed by atoms with E-state index in [1.165, 1.54) is 12.1 Å². The number of nitrogens with one attached hydrogen (secondary N) is 4. The van der Waals surface area contributed by atoms with Gasteiger partial charge in [-0.15, -0.1) is 0 Å². The molecule has 282 valence electrons. The van der Waals surface area contributed by atoms with E-state index in [0.29, 0.717) is 18.4 Å². The van der Waals surface area contributed by atoms with Crippen LogP contribution in [-0.2, 0) is 32.0 Å². The van der Waals surface area contributed by atoms with E-state index >= 15 is 0 Å². The van der Waals surface area contributed by atoms with E-state index in [2.05, 4.69) is 36.2 Å². The maximum atomic E-state index is 13.9. The van der Waals surface area contributed by atoms with E-state index in [9.17, 15) is 24.3 Å². The molecule has 0 radical (unpaired) electrons. The molecule has 0 saturated heterocycles. The Labute approximate surface area is 306 Å². The lowest BCUT2D eigenvalue weighted by molar-refractivity contribution is -0.134. The van der Waals surface area contributed by atoms with Crippen molar-refractivity contribution in [2.24, 2.45) is 43.6 Å². The van der Waals surface area contributed by atoms with E-state index in [1.807, 2.05) is 42.5 Å². The molecule has 4 rings (SSSR count). The molecule has 17 nitrogen and oxygen atoms in total. The Bertz CT molecular complexity index is 1840. The van der Waals surface area contributed by atoms with E-state index in [1.54, 1.807) is 12.1 Å². The largest absolute Gasteiger partial charge is 0.508 e. The van der Waals surface area contributed by atoms with Crippen LogP contribution in [0, 0.1) is 0 Å². The van der Waals surface area contributed by atoms with Gasteiger partial charge in [-0.05, 0) is 59.7 Å². The molecule has 3 aromatic rings. The van der Waals surface area contributed by atoms with Crippen molar-refractivity contribution in [3.8, 4) is 5.75 Å². The molecule has 17 heteroatoms. The number of nitrogens with two attached hydrogens (primary N) is 5. The predicted molar refractivity (Wildman–Crippen MR) is 203 cm³/mol. The normalized spacial score (nSPS) is 20.0. The van der Waals surface area contributed by atoms with Gasteiger partial charge in [-0.2, -0.15) is 0 Å². The lowest BCUT2D eigenvalue weighted by Crippen LogP contribution is -2.57. The van der Waals surface area contributed by atoms with Crippen LogP contribution in [-0.4, -0.2) is 90.3 Å². The number of benzene rings is 3. The zero-order chi connectivity index (χ0) is 38.3. The van der Waals surface area contributed by atoms with Gasteiger partial charge in [-0.1, -0.05) is 54.6 Å². The van der Waals surface area contributed by atoms with Crippen LogP contribution in [0.2, 0.25) is 0 Å². The topological polar surface area (TPSA) is 304 Å². The maximum absolute atomic E-state index is 13.9. The summed E-state index contributed by atoms with van der Waals surface area (Å²) < 4.78 is 0. The summed E-state index contributed by atoms with van der Waals surface area (Å²) in [4.78, 5) is 67.8. The summed E-state index contributed by atoms with van der Waals surface area (Å²) in [7, 11) is 0. The van der Waals surface area contributed by atoms with E-state index in [0.717, 1.165) is 16.3 Å². The Morgan fingerprint density at radius 1 is 0.679 bits per heavy atom. The average molecular weight is 729 g/mol. The molecule has 4 atom stereocenters. The number of fused-ring (bicyclic) bond motifs is 1. The van der Waals surface area contributed by atoms with Crippen LogP contribution in [0.15, 0.2) is 81.7 Å². The molecule has 15 N–H and O–H groups in total. The number of nitrogens with zero attached hydrogens (tertiary/aromatic N) is 3. The highest BCUT2D eigenvalue weighted by Crippen LogP contribution is 2.18. The summed E-state index contributed by atoms with van der Waals surface area (Å²) in [5, 5.41) is 22.8. The molecule has 4 amide bonds. The number of carbonyl (C=O) groups is 4. The van der Waals surface area contributed by atoms with Crippen LogP contribution in [0.5, 0.6) is 5.75 Å². The first kappa shape index (κ1) is 39.4. The highest BCUT2D eigenvalue weighted by atomic mass is 16.3. The van der Waals surface area contributed by atoms with Gasteiger partial charge in [0.15, 0.2) is 11.9 Å². The number of hydrogen-bond donors (Lipinski definition) is 10. The summed E-state index contributed by atoms with van der Waals surface area (Å²) in [5.74, 6) is -2.74. The smallest absolute Gasteiger partial charge is 0.245 e.